The van der Waals surface area contributed by atoms with Crippen molar-refractivity contribution in [2.45, 2.75) is 6.54 Å². The molecule has 3 aromatic rings. The fourth-order valence-corrected chi connectivity index (χ4v) is 1.84. The van der Waals surface area contributed by atoms with Gasteiger partial charge >= 0.3 is 0 Å². The van der Waals surface area contributed by atoms with Gasteiger partial charge in [0.2, 0.25) is 0 Å². The van der Waals surface area contributed by atoms with Gasteiger partial charge in [0.15, 0.2) is 0 Å². The van der Waals surface area contributed by atoms with Crippen LogP contribution in [0.15, 0.2) is 54.7 Å². The van der Waals surface area contributed by atoms with Crippen LogP contribution in [0.5, 0.6) is 0 Å². The van der Waals surface area contributed by atoms with E-state index in [1.54, 1.807) is 18.3 Å². The third kappa shape index (κ3) is 2.68. The van der Waals surface area contributed by atoms with Gasteiger partial charge in [0.05, 0.1) is 29.5 Å². The van der Waals surface area contributed by atoms with Crippen molar-refractivity contribution in [1.82, 2.24) is 9.97 Å². The maximum atomic E-state index is 12.8. The Hall–Kier alpha value is -2.49. The normalized spacial score (nSPS) is 10.6. The van der Waals surface area contributed by atoms with Crippen LogP contribution in [0.1, 0.15) is 5.69 Å². The number of aromatic nitrogens is 2. The Balaban J connectivity index is 1.76. The Morgan fingerprint density at radius 1 is 0.947 bits per heavy atom. The predicted octanol–water partition coefficient (Wildman–Crippen LogP) is 3.38. The number of para-hydroxylation sites is 2. The number of halogens is 1. The molecule has 0 unspecified atom stereocenters. The Labute approximate surface area is 110 Å². The molecule has 0 bridgehead atoms. The zero-order chi connectivity index (χ0) is 13.1. The minimum Gasteiger partial charge on any atom is -0.379 e. The van der Waals surface area contributed by atoms with Gasteiger partial charge in [-0.05, 0) is 36.4 Å². The quantitative estimate of drug-likeness (QED) is 0.777. The Kier molecular flexibility index (Phi) is 3.06. The molecule has 94 valence electrons. The average molecular weight is 253 g/mol. The molecule has 0 aliphatic rings. The highest BCUT2D eigenvalue weighted by Crippen LogP contribution is 2.11. The van der Waals surface area contributed by atoms with E-state index in [1.807, 2.05) is 24.3 Å². The summed E-state index contributed by atoms with van der Waals surface area (Å²) < 4.78 is 12.8. The highest BCUT2D eigenvalue weighted by molar-refractivity contribution is 5.73. The number of anilines is 1. The molecular weight excluding hydrogens is 241 g/mol. The first-order valence-corrected chi connectivity index (χ1v) is 6.01. The third-order valence-electron chi connectivity index (χ3n) is 2.82. The van der Waals surface area contributed by atoms with E-state index in [-0.39, 0.29) is 5.82 Å². The van der Waals surface area contributed by atoms with Crippen LogP contribution < -0.4 is 5.32 Å². The molecule has 0 radical (unpaired) electrons. The smallest absolute Gasteiger partial charge is 0.123 e. The van der Waals surface area contributed by atoms with E-state index < -0.39 is 0 Å². The van der Waals surface area contributed by atoms with Crippen molar-refractivity contribution in [2.24, 2.45) is 0 Å². The lowest BCUT2D eigenvalue weighted by atomic mass is 10.3. The Morgan fingerprint density at radius 3 is 2.47 bits per heavy atom. The van der Waals surface area contributed by atoms with Gasteiger partial charge in [0.1, 0.15) is 5.82 Å². The second-order valence-corrected chi connectivity index (χ2v) is 4.21. The number of nitrogens with one attached hydrogen (secondary N) is 1. The lowest BCUT2D eigenvalue weighted by Crippen LogP contribution is -2.02. The van der Waals surface area contributed by atoms with E-state index in [2.05, 4.69) is 15.3 Å². The monoisotopic (exact) mass is 253 g/mol. The molecule has 0 saturated carbocycles. The van der Waals surface area contributed by atoms with Crippen LogP contribution in [-0.4, -0.2) is 9.97 Å². The molecule has 0 saturated heterocycles. The predicted molar refractivity (Wildman–Crippen MR) is 73.3 cm³/mol. The van der Waals surface area contributed by atoms with Crippen molar-refractivity contribution in [3.8, 4) is 0 Å². The van der Waals surface area contributed by atoms with E-state index in [0.717, 1.165) is 22.4 Å². The molecular formula is C15H12FN3. The molecule has 19 heavy (non-hydrogen) atoms. The fourth-order valence-electron chi connectivity index (χ4n) is 1.84. The summed E-state index contributed by atoms with van der Waals surface area (Å²) in [5, 5.41) is 3.18. The summed E-state index contributed by atoms with van der Waals surface area (Å²) in [5.74, 6) is -0.240. The minimum absolute atomic E-state index is 0.240. The van der Waals surface area contributed by atoms with Crippen LogP contribution in [0, 0.1) is 5.82 Å². The second-order valence-electron chi connectivity index (χ2n) is 4.21. The third-order valence-corrected chi connectivity index (χ3v) is 2.82. The summed E-state index contributed by atoms with van der Waals surface area (Å²) in [7, 11) is 0. The molecule has 0 fully saturated rings. The van der Waals surface area contributed by atoms with Crippen LogP contribution in [0.3, 0.4) is 0 Å². The lowest BCUT2D eigenvalue weighted by molar-refractivity contribution is 0.628. The molecule has 0 atom stereocenters. The first-order valence-electron chi connectivity index (χ1n) is 6.01. The molecule has 3 rings (SSSR count). The lowest BCUT2D eigenvalue weighted by Gasteiger charge is -2.06. The Bertz CT molecular complexity index is 695. The number of fused-ring (bicyclic) bond motifs is 1. The summed E-state index contributed by atoms with van der Waals surface area (Å²) in [5.41, 5.74) is 3.47. The van der Waals surface area contributed by atoms with Gasteiger partial charge in [-0.1, -0.05) is 12.1 Å². The van der Waals surface area contributed by atoms with E-state index in [0.29, 0.717) is 6.54 Å². The second kappa shape index (κ2) is 5.02. The van der Waals surface area contributed by atoms with Crippen molar-refractivity contribution < 1.29 is 4.39 Å². The first-order chi connectivity index (χ1) is 9.31. The molecule has 4 heteroatoms. The summed E-state index contributed by atoms with van der Waals surface area (Å²) in [6.07, 6.45) is 1.75. The zero-order valence-corrected chi connectivity index (χ0v) is 10.2. The number of benzene rings is 2. The van der Waals surface area contributed by atoms with Crippen LogP contribution in [-0.2, 0) is 6.54 Å². The largest absolute Gasteiger partial charge is 0.379 e. The summed E-state index contributed by atoms with van der Waals surface area (Å²) >= 11 is 0. The van der Waals surface area contributed by atoms with Gasteiger partial charge in [-0.15, -0.1) is 0 Å². The molecule has 0 spiro atoms. The summed E-state index contributed by atoms with van der Waals surface area (Å²) in [4.78, 5) is 8.85. The molecule has 0 amide bonds. The van der Waals surface area contributed by atoms with Crippen LogP contribution in [0.4, 0.5) is 10.1 Å². The van der Waals surface area contributed by atoms with Gasteiger partial charge in [-0.3, -0.25) is 4.98 Å². The average Bonchev–Trinajstić information content (AvgIpc) is 2.46. The number of hydrogen-bond acceptors (Lipinski definition) is 3. The molecule has 0 aliphatic carbocycles. The van der Waals surface area contributed by atoms with Gasteiger partial charge in [-0.2, -0.15) is 0 Å². The van der Waals surface area contributed by atoms with Gasteiger partial charge < -0.3 is 5.32 Å². The molecule has 2 aromatic carbocycles. The molecule has 3 nitrogen and oxygen atoms in total. The van der Waals surface area contributed by atoms with Crippen molar-refractivity contribution in [2.75, 3.05) is 5.32 Å². The molecule has 1 N–H and O–H groups in total. The van der Waals surface area contributed by atoms with Crippen molar-refractivity contribution in [1.29, 1.82) is 0 Å². The highest BCUT2D eigenvalue weighted by Gasteiger charge is 1.99. The van der Waals surface area contributed by atoms with Crippen LogP contribution in [0.25, 0.3) is 11.0 Å². The highest BCUT2D eigenvalue weighted by atomic mass is 19.1. The van der Waals surface area contributed by atoms with Crippen molar-refractivity contribution in [3.05, 3.63) is 66.2 Å². The van der Waals surface area contributed by atoms with E-state index in [1.165, 1.54) is 12.1 Å². The van der Waals surface area contributed by atoms with E-state index in [9.17, 15) is 4.39 Å². The Morgan fingerprint density at radius 2 is 1.68 bits per heavy atom. The number of nitrogens with zero attached hydrogens (tertiary/aromatic N) is 2. The standard InChI is InChI=1S/C15H12FN3/c16-11-5-7-12(8-6-11)17-9-13-10-18-14-3-1-2-4-15(14)19-13/h1-8,10,17H,9H2. The fraction of sp³-hybridized carbons (Fsp3) is 0.0667. The van der Waals surface area contributed by atoms with E-state index >= 15 is 0 Å². The maximum Gasteiger partial charge on any atom is 0.123 e. The first kappa shape index (κ1) is 11.6. The minimum atomic E-state index is -0.240. The van der Waals surface area contributed by atoms with Gasteiger partial charge in [0.25, 0.3) is 0 Å². The summed E-state index contributed by atoms with van der Waals surface area (Å²) in [6.45, 7) is 0.559. The van der Waals surface area contributed by atoms with Crippen molar-refractivity contribution in [3.63, 3.8) is 0 Å². The van der Waals surface area contributed by atoms with E-state index in [4.69, 9.17) is 0 Å². The van der Waals surface area contributed by atoms with Crippen LogP contribution in [0.2, 0.25) is 0 Å². The maximum absolute atomic E-state index is 12.8. The topological polar surface area (TPSA) is 37.8 Å². The molecule has 1 heterocycles. The molecule has 0 aliphatic heterocycles. The molecule has 1 aromatic heterocycles. The van der Waals surface area contributed by atoms with Crippen molar-refractivity contribution >= 4 is 16.7 Å². The number of hydrogen-bond donors (Lipinski definition) is 1. The SMILES string of the molecule is Fc1ccc(NCc2cnc3ccccc3n2)cc1. The number of rotatable bonds is 3. The summed E-state index contributed by atoms with van der Waals surface area (Å²) in [6, 6.07) is 14.0. The zero-order valence-electron chi connectivity index (χ0n) is 10.2. The van der Waals surface area contributed by atoms with Crippen LogP contribution >= 0.6 is 0 Å². The van der Waals surface area contributed by atoms with Gasteiger partial charge in [0, 0.05) is 5.69 Å². The van der Waals surface area contributed by atoms with Gasteiger partial charge in [-0.25, -0.2) is 9.37 Å².